The van der Waals surface area contributed by atoms with E-state index in [4.69, 9.17) is 0 Å². The largest absolute Gasteiger partial charge is 0.375 e. The van der Waals surface area contributed by atoms with Crippen molar-refractivity contribution in [3.8, 4) is 0 Å². The van der Waals surface area contributed by atoms with Crippen LogP contribution in [0.5, 0.6) is 0 Å². The normalized spacial score (nSPS) is 13.0. The van der Waals surface area contributed by atoms with Crippen molar-refractivity contribution in [3.05, 3.63) is 0 Å². The van der Waals surface area contributed by atoms with Gasteiger partial charge in [-0.15, -0.1) is 0 Å². The van der Waals surface area contributed by atoms with Crippen molar-refractivity contribution in [3.63, 3.8) is 0 Å². The Kier molecular flexibility index (Phi) is 33.6. The molecule has 42 heavy (non-hydrogen) atoms. The van der Waals surface area contributed by atoms with E-state index < -0.39 is 13.0 Å². The molecule has 0 aromatic rings. The van der Waals surface area contributed by atoms with E-state index in [2.05, 4.69) is 13.8 Å². The SMILES string of the molecule is CCCCCCCCCCCCCCCCCCCC(O)(CCCCCCCCCCCCCCCCCC)P(=O)=O. The van der Waals surface area contributed by atoms with Gasteiger partial charge < -0.3 is 5.11 Å². The van der Waals surface area contributed by atoms with Crippen molar-refractivity contribution in [1.29, 1.82) is 0 Å². The van der Waals surface area contributed by atoms with Gasteiger partial charge in [-0.25, -0.2) is 9.13 Å². The monoisotopic (exact) mass is 613 g/mol. The maximum Gasteiger partial charge on any atom is 0.348 e. The van der Waals surface area contributed by atoms with Gasteiger partial charge in [-0.2, -0.15) is 0 Å². The molecular formula is C38H77O3P. The first kappa shape index (κ1) is 41.9. The average molecular weight is 613 g/mol. The van der Waals surface area contributed by atoms with Gasteiger partial charge in [0, 0.05) is 0 Å². The fourth-order valence-corrected chi connectivity index (χ4v) is 7.08. The quantitative estimate of drug-likeness (QED) is 0.0565. The van der Waals surface area contributed by atoms with Gasteiger partial charge in [0.2, 0.25) is 0 Å². The smallest absolute Gasteiger partial charge is 0.348 e. The summed E-state index contributed by atoms with van der Waals surface area (Å²) in [5.41, 5.74) is 0. The molecular weight excluding hydrogens is 535 g/mol. The summed E-state index contributed by atoms with van der Waals surface area (Å²) in [6.45, 7) is 4.56. The molecule has 0 aromatic carbocycles. The summed E-state index contributed by atoms with van der Waals surface area (Å²) in [5, 5.41) is 9.26. The second-order valence-corrected chi connectivity index (χ2v) is 15.0. The van der Waals surface area contributed by atoms with E-state index in [0.717, 1.165) is 25.7 Å². The minimum atomic E-state index is -2.78. The van der Waals surface area contributed by atoms with Gasteiger partial charge in [0.05, 0.1) is 0 Å². The summed E-state index contributed by atoms with van der Waals surface area (Å²) in [4.78, 5) is 0. The highest BCUT2D eigenvalue weighted by molar-refractivity contribution is 7.32. The van der Waals surface area contributed by atoms with Crippen molar-refractivity contribution in [2.75, 3.05) is 0 Å². The third-order valence-electron chi connectivity index (χ3n) is 9.45. The predicted octanol–water partition coefficient (Wildman–Crippen LogP) is 14.5. The molecule has 0 aliphatic heterocycles. The van der Waals surface area contributed by atoms with Crippen molar-refractivity contribution in [2.45, 2.75) is 244 Å². The zero-order chi connectivity index (χ0) is 30.8. The van der Waals surface area contributed by atoms with Crippen LogP contribution in [0.15, 0.2) is 0 Å². The van der Waals surface area contributed by atoms with E-state index in [1.807, 2.05) is 0 Å². The lowest BCUT2D eigenvalue weighted by Gasteiger charge is -2.20. The summed E-state index contributed by atoms with van der Waals surface area (Å²) in [6, 6.07) is 0. The predicted molar refractivity (Wildman–Crippen MR) is 186 cm³/mol. The molecule has 252 valence electrons. The molecule has 1 atom stereocenters. The summed E-state index contributed by atoms with van der Waals surface area (Å²) in [5.74, 6) is 0. The molecule has 3 nitrogen and oxygen atoms in total. The molecule has 0 bridgehead atoms. The summed E-state index contributed by atoms with van der Waals surface area (Å²) >= 11 is 0. The first-order valence-electron chi connectivity index (χ1n) is 19.4. The zero-order valence-electron chi connectivity index (χ0n) is 29.0. The molecule has 0 amide bonds. The van der Waals surface area contributed by atoms with Crippen LogP contribution in [0.4, 0.5) is 0 Å². The van der Waals surface area contributed by atoms with E-state index in [-0.39, 0.29) is 0 Å². The lowest BCUT2D eigenvalue weighted by Crippen LogP contribution is -2.21. The van der Waals surface area contributed by atoms with Gasteiger partial charge in [-0.3, -0.25) is 0 Å². The van der Waals surface area contributed by atoms with Gasteiger partial charge in [0.15, 0.2) is 5.34 Å². The highest BCUT2D eigenvalue weighted by atomic mass is 31.1. The first-order valence-corrected chi connectivity index (χ1v) is 20.6. The molecule has 0 aliphatic carbocycles. The Labute approximate surface area is 265 Å². The Morgan fingerprint density at radius 3 is 0.667 bits per heavy atom. The van der Waals surface area contributed by atoms with Crippen LogP contribution >= 0.6 is 7.68 Å². The molecule has 1 unspecified atom stereocenters. The van der Waals surface area contributed by atoms with Crippen LogP contribution in [0.2, 0.25) is 0 Å². The molecule has 0 aromatic heterocycles. The summed E-state index contributed by atoms with van der Waals surface area (Å²) in [7, 11) is -2.78. The molecule has 0 aliphatic rings. The van der Waals surface area contributed by atoms with Gasteiger partial charge in [0.1, 0.15) is 0 Å². The van der Waals surface area contributed by atoms with E-state index in [0.29, 0.717) is 12.8 Å². The highest BCUT2D eigenvalue weighted by Crippen LogP contribution is 2.37. The number of hydrogen-bond donors (Lipinski definition) is 1. The second kappa shape index (κ2) is 33.7. The summed E-state index contributed by atoms with van der Waals surface area (Å²) in [6.07, 6.45) is 44.2. The van der Waals surface area contributed by atoms with Gasteiger partial charge in [-0.1, -0.05) is 213 Å². The molecule has 0 saturated heterocycles. The molecule has 0 saturated carbocycles. The number of rotatable bonds is 36. The molecule has 0 rings (SSSR count). The van der Waals surface area contributed by atoms with Crippen LogP contribution in [0.25, 0.3) is 0 Å². The van der Waals surface area contributed by atoms with E-state index in [9.17, 15) is 14.2 Å². The van der Waals surface area contributed by atoms with Crippen molar-refractivity contribution in [2.24, 2.45) is 0 Å². The Morgan fingerprint density at radius 1 is 0.333 bits per heavy atom. The van der Waals surface area contributed by atoms with Gasteiger partial charge >= 0.3 is 7.68 Å². The third kappa shape index (κ3) is 29.9. The Balaban J connectivity index is 3.51. The maximum absolute atomic E-state index is 11.8. The van der Waals surface area contributed by atoms with Crippen molar-refractivity contribution in [1.82, 2.24) is 0 Å². The van der Waals surface area contributed by atoms with Crippen LogP contribution in [-0.2, 0) is 9.13 Å². The van der Waals surface area contributed by atoms with Crippen LogP contribution in [0.3, 0.4) is 0 Å². The Morgan fingerprint density at radius 2 is 0.500 bits per heavy atom. The zero-order valence-corrected chi connectivity index (χ0v) is 29.9. The van der Waals surface area contributed by atoms with Crippen LogP contribution in [-0.4, -0.2) is 10.4 Å². The van der Waals surface area contributed by atoms with Crippen LogP contribution in [0, 0.1) is 0 Å². The summed E-state index contributed by atoms with van der Waals surface area (Å²) < 4.78 is 23.6. The van der Waals surface area contributed by atoms with Gasteiger partial charge in [0.25, 0.3) is 0 Å². The Bertz CT molecular complexity index is 583. The highest BCUT2D eigenvalue weighted by Gasteiger charge is 2.32. The van der Waals surface area contributed by atoms with E-state index >= 15 is 0 Å². The third-order valence-corrected chi connectivity index (χ3v) is 10.6. The molecule has 0 radical (unpaired) electrons. The van der Waals surface area contributed by atoms with Crippen molar-refractivity contribution < 1.29 is 14.2 Å². The minimum Gasteiger partial charge on any atom is -0.375 e. The molecule has 4 heteroatoms. The lowest BCUT2D eigenvalue weighted by molar-refractivity contribution is 0.0964. The maximum atomic E-state index is 11.8. The molecule has 0 spiro atoms. The molecule has 1 N–H and O–H groups in total. The standard InChI is InChI=1S/C38H77O3P/c1-3-5-7-9-11-13-15-17-19-21-23-25-27-29-31-33-35-37-38(39,42(40)41)36-34-32-30-28-26-24-22-20-18-16-14-12-10-8-6-4-2/h39H,3-37H2,1-2H3. The Hall–Kier alpha value is -0.140. The van der Waals surface area contributed by atoms with E-state index in [1.54, 1.807) is 0 Å². The van der Waals surface area contributed by atoms with Crippen LogP contribution < -0.4 is 0 Å². The topological polar surface area (TPSA) is 54.4 Å². The van der Waals surface area contributed by atoms with E-state index in [1.165, 1.54) is 186 Å². The first-order chi connectivity index (χ1) is 20.6. The second-order valence-electron chi connectivity index (χ2n) is 13.7. The minimum absolute atomic E-state index is 0.420. The number of unbranched alkanes of at least 4 members (excludes halogenated alkanes) is 31. The lowest BCUT2D eigenvalue weighted by atomic mass is 10.0. The van der Waals surface area contributed by atoms with Crippen molar-refractivity contribution >= 4 is 7.68 Å². The fraction of sp³-hybridized carbons (Fsp3) is 1.00. The average Bonchev–Trinajstić information content (AvgIpc) is 2.98. The van der Waals surface area contributed by atoms with Gasteiger partial charge in [-0.05, 0) is 25.7 Å². The molecule has 0 heterocycles. The molecule has 0 fully saturated rings. The number of aliphatic hydroxyl groups is 1. The number of hydrogen-bond acceptors (Lipinski definition) is 3. The van der Waals surface area contributed by atoms with Crippen LogP contribution in [0.1, 0.15) is 239 Å². The fourth-order valence-electron chi connectivity index (χ4n) is 6.40.